The maximum atomic E-state index is 13.0. The molecule has 1 aliphatic rings. The molecule has 3 rings (SSSR count). The molecule has 0 aliphatic carbocycles. The quantitative estimate of drug-likeness (QED) is 0.805. The van der Waals surface area contributed by atoms with E-state index in [1.54, 1.807) is 24.3 Å². The van der Waals surface area contributed by atoms with Gasteiger partial charge < -0.3 is 14.5 Å². The number of amides is 1. The van der Waals surface area contributed by atoms with Gasteiger partial charge in [0.2, 0.25) is 0 Å². The Kier molecular flexibility index (Phi) is 6.63. The smallest absolute Gasteiger partial charge is 0.287 e. The summed E-state index contributed by atoms with van der Waals surface area (Å²) in [6, 6.07) is 9.67. The third-order valence-electron chi connectivity index (χ3n) is 4.76. The summed E-state index contributed by atoms with van der Waals surface area (Å²) in [5.41, 5.74) is 0.737. The van der Waals surface area contributed by atoms with Crippen LogP contribution >= 0.6 is 0 Å². The average molecular weight is 374 g/mol. The fraction of sp³-hybridized carbons (Fsp3) is 0.476. The number of halogens is 1. The Balaban J connectivity index is 1.61. The Labute approximate surface area is 159 Å². The summed E-state index contributed by atoms with van der Waals surface area (Å²) in [7, 11) is 0. The van der Waals surface area contributed by atoms with Crippen LogP contribution < -0.4 is 5.32 Å². The van der Waals surface area contributed by atoms with E-state index in [4.69, 9.17) is 9.15 Å². The number of morpholine rings is 1. The van der Waals surface area contributed by atoms with Crippen molar-refractivity contribution in [2.75, 3.05) is 32.8 Å². The van der Waals surface area contributed by atoms with Gasteiger partial charge in [0.25, 0.3) is 5.91 Å². The molecule has 0 saturated carbocycles. The molecule has 1 aromatic heterocycles. The van der Waals surface area contributed by atoms with Crippen LogP contribution in [-0.4, -0.2) is 49.7 Å². The highest BCUT2D eigenvalue weighted by atomic mass is 19.1. The maximum Gasteiger partial charge on any atom is 0.287 e. The molecule has 1 N–H and O–H groups in total. The Morgan fingerprint density at radius 3 is 2.52 bits per heavy atom. The van der Waals surface area contributed by atoms with Crippen molar-refractivity contribution in [1.82, 2.24) is 10.2 Å². The van der Waals surface area contributed by atoms with Gasteiger partial charge in [-0.1, -0.05) is 13.8 Å². The molecule has 1 saturated heterocycles. The molecule has 1 fully saturated rings. The highest BCUT2D eigenvalue weighted by Gasteiger charge is 2.23. The van der Waals surface area contributed by atoms with Crippen molar-refractivity contribution in [3.63, 3.8) is 0 Å². The van der Waals surface area contributed by atoms with Crippen LogP contribution in [0.2, 0.25) is 0 Å². The van der Waals surface area contributed by atoms with E-state index in [9.17, 15) is 9.18 Å². The molecule has 0 radical (unpaired) electrons. The van der Waals surface area contributed by atoms with Gasteiger partial charge in [-0.2, -0.15) is 0 Å². The Morgan fingerprint density at radius 2 is 1.85 bits per heavy atom. The maximum absolute atomic E-state index is 13.0. The van der Waals surface area contributed by atoms with E-state index in [0.29, 0.717) is 18.2 Å². The molecule has 2 heterocycles. The van der Waals surface area contributed by atoms with Crippen molar-refractivity contribution in [3.05, 3.63) is 48.0 Å². The number of rotatable bonds is 7. The minimum absolute atomic E-state index is 0.231. The van der Waals surface area contributed by atoms with Gasteiger partial charge >= 0.3 is 0 Å². The second-order valence-corrected chi connectivity index (χ2v) is 7.31. The number of benzene rings is 1. The molecule has 0 spiro atoms. The highest BCUT2D eigenvalue weighted by Crippen LogP contribution is 2.22. The number of hydrogen-bond acceptors (Lipinski definition) is 4. The summed E-state index contributed by atoms with van der Waals surface area (Å²) >= 11 is 0. The van der Waals surface area contributed by atoms with E-state index in [0.717, 1.165) is 38.3 Å². The Hall–Kier alpha value is -2.18. The van der Waals surface area contributed by atoms with Crippen molar-refractivity contribution >= 4 is 5.91 Å². The predicted octanol–water partition coefficient (Wildman–Crippen LogP) is 3.56. The van der Waals surface area contributed by atoms with Gasteiger partial charge in [0, 0.05) is 31.2 Å². The molecular weight excluding hydrogens is 347 g/mol. The standard InChI is InChI=1S/C21H27FN2O3/c1-15(2)13-18(24-9-11-26-12-10-24)14-23-21(25)20-8-7-19(27-20)16-3-5-17(22)6-4-16/h3-8,15,18H,9-14H2,1-2H3,(H,23,25). The lowest BCUT2D eigenvalue weighted by Gasteiger charge is -2.35. The van der Waals surface area contributed by atoms with Gasteiger partial charge in [0.05, 0.1) is 13.2 Å². The topological polar surface area (TPSA) is 54.7 Å². The third kappa shape index (κ3) is 5.40. The van der Waals surface area contributed by atoms with Crippen molar-refractivity contribution in [2.45, 2.75) is 26.3 Å². The molecule has 0 bridgehead atoms. The normalized spacial score (nSPS) is 16.4. The van der Waals surface area contributed by atoms with Crippen LogP contribution in [0.15, 0.2) is 40.8 Å². The molecular formula is C21H27FN2O3. The first kappa shape index (κ1) is 19.6. The third-order valence-corrected chi connectivity index (χ3v) is 4.76. The monoisotopic (exact) mass is 374 g/mol. The first-order valence-electron chi connectivity index (χ1n) is 9.48. The number of nitrogens with one attached hydrogen (secondary N) is 1. The molecule has 1 atom stereocenters. The van der Waals surface area contributed by atoms with E-state index in [1.807, 2.05) is 0 Å². The minimum atomic E-state index is -0.303. The van der Waals surface area contributed by atoms with Crippen molar-refractivity contribution in [3.8, 4) is 11.3 Å². The van der Waals surface area contributed by atoms with Crippen molar-refractivity contribution < 1.29 is 18.3 Å². The minimum Gasteiger partial charge on any atom is -0.451 e. The number of carbonyl (C=O) groups excluding carboxylic acids is 1. The van der Waals surface area contributed by atoms with Crippen LogP contribution in [0.5, 0.6) is 0 Å². The molecule has 1 amide bonds. The van der Waals surface area contributed by atoms with Gasteiger partial charge in [-0.05, 0) is 48.7 Å². The van der Waals surface area contributed by atoms with Crippen molar-refractivity contribution in [1.29, 1.82) is 0 Å². The second-order valence-electron chi connectivity index (χ2n) is 7.31. The molecule has 27 heavy (non-hydrogen) atoms. The molecule has 146 valence electrons. The van der Waals surface area contributed by atoms with E-state index in [2.05, 4.69) is 24.1 Å². The van der Waals surface area contributed by atoms with Gasteiger partial charge in [0.15, 0.2) is 5.76 Å². The zero-order chi connectivity index (χ0) is 19.2. The fourth-order valence-corrected chi connectivity index (χ4v) is 3.38. The summed E-state index contributed by atoms with van der Waals surface area (Å²) < 4.78 is 24.1. The number of hydrogen-bond donors (Lipinski definition) is 1. The summed E-state index contributed by atoms with van der Waals surface area (Å²) in [6.45, 7) is 8.21. The van der Waals surface area contributed by atoms with Crippen LogP contribution in [0.3, 0.4) is 0 Å². The highest BCUT2D eigenvalue weighted by molar-refractivity contribution is 5.92. The van der Waals surface area contributed by atoms with Crippen LogP contribution in [0.1, 0.15) is 30.8 Å². The van der Waals surface area contributed by atoms with Gasteiger partial charge in [-0.15, -0.1) is 0 Å². The summed E-state index contributed by atoms with van der Waals surface area (Å²) in [6.07, 6.45) is 1.01. The largest absolute Gasteiger partial charge is 0.451 e. The lowest BCUT2D eigenvalue weighted by molar-refractivity contribution is 0.0124. The number of nitrogens with zero attached hydrogens (tertiary/aromatic N) is 1. The molecule has 1 aromatic carbocycles. The lowest BCUT2D eigenvalue weighted by atomic mass is 10.0. The number of carbonyl (C=O) groups is 1. The van der Waals surface area contributed by atoms with Gasteiger partial charge in [0.1, 0.15) is 11.6 Å². The van der Waals surface area contributed by atoms with E-state index in [-0.39, 0.29) is 23.5 Å². The summed E-state index contributed by atoms with van der Waals surface area (Å²) in [5, 5.41) is 3.00. The Bertz CT molecular complexity index is 736. The number of furan rings is 1. The molecule has 6 heteroatoms. The van der Waals surface area contributed by atoms with Crippen LogP contribution in [0, 0.1) is 11.7 Å². The van der Waals surface area contributed by atoms with Crippen LogP contribution in [0.4, 0.5) is 4.39 Å². The fourth-order valence-electron chi connectivity index (χ4n) is 3.38. The first-order chi connectivity index (χ1) is 13.0. The summed E-state index contributed by atoms with van der Waals surface area (Å²) in [4.78, 5) is 14.9. The zero-order valence-electron chi connectivity index (χ0n) is 15.9. The molecule has 2 aromatic rings. The number of ether oxygens (including phenoxy) is 1. The summed E-state index contributed by atoms with van der Waals surface area (Å²) in [5.74, 6) is 0.822. The van der Waals surface area contributed by atoms with E-state index < -0.39 is 0 Å². The average Bonchev–Trinajstić information content (AvgIpc) is 3.16. The molecule has 1 aliphatic heterocycles. The lowest BCUT2D eigenvalue weighted by Crippen LogP contribution is -2.49. The van der Waals surface area contributed by atoms with E-state index >= 15 is 0 Å². The second kappa shape index (κ2) is 9.15. The Morgan fingerprint density at radius 1 is 1.15 bits per heavy atom. The zero-order valence-corrected chi connectivity index (χ0v) is 15.9. The van der Waals surface area contributed by atoms with Crippen LogP contribution in [0.25, 0.3) is 11.3 Å². The van der Waals surface area contributed by atoms with Gasteiger partial charge in [-0.3, -0.25) is 9.69 Å². The predicted molar refractivity (Wildman–Crippen MR) is 102 cm³/mol. The van der Waals surface area contributed by atoms with E-state index in [1.165, 1.54) is 12.1 Å². The van der Waals surface area contributed by atoms with Crippen LogP contribution in [-0.2, 0) is 4.74 Å². The van der Waals surface area contributed by atoms with Gasteiger partial charge in [-0.25, -0.2) is 4.39 Å². The molecule has 1 unspecified atom stereocenters. The SMILES string of the molecule is CC(C)CC(CNC(=O)c1ccc(-c2ccc(F)cc2)o1)N1CCOCC1. The van der Waals surface area contributed by atoms with Crippen molar-refractivity contribution in [2.24, 2.45) is 5.92 Å². The molecule has 5 nitrogen and oxygen atoms in total. The first-order valence-corrected chi connectivity index (χ1v) is 9.48.